The molecule has 0 radical (unpaired) electrons. The molecule has 1 aromatic heterocycles. The molecule has 3 rings (SSSR count). The third kappa shape index (κ3) is 2.93. The maximum atomic E-state index is 13.4. The van der Waals surface area contributed by atoms with E-state index < -0.39 is 0 Å². The minimum atomic E-state index is -0.171. The second-order valence-corrected chi connectivity index (χ2v) is 5.59. The van der Waals surface area contributed by atoms with Crippen LogP contribution in [-0.4, -0.2) is 15.7 Å². The van der Waals surface area contributed by atoms with Crippen LogP contribution in [0.2, 0.25) is 0 Å². The highest BCUT2D eigenvalue weighted by atomic mass is 32.2. The average Bonchev–Trinajstić information content (AvgIpc) is 2.46. The van der Waals surface area contributed by atoms with Crippen molar-refractivity contribution in [3.63, 3.8) is 0 Å². The van der Waals surface area contributed by atoms with E-state index in [1.807, 2.05) is 12.1 Å². The highest BCUT2D eigenvalue weighted by Crippen LogP contribution is 2.36. The van der Waals surface area contributed by atoms with Crippen molar-refractivity contribution >= 4 is 11.8 Å². The average molecular weight is 275 g/mol. The van der Waals surface area contributed by atoms with Gasteiger partial charge in [0.2, 0.25) is 0 Å². The normalized spacial score (nSPS) is 18.1. The molecule has 0 fully saturated rings. The smallest absolute Gasteiger partial charge is 0.123 e. The second kappa shape index (κ2) is 5.67. The summed E-state index contributed by atoms with van der Waals surface area (Å²) in [5, 5.41) is 3.45. The van der Waals surface area contributed by atoms with Crippen LogP contribution in [-0.2, 0) is 6.54 Å². The Kier molecular flexibility index (Phi) is 3.75. The van der Waals surface area contributed by atoms with Crippen LogP contribution >= 0.6 is 11.8 Å². The van der Waals surface area contributed by atoms with E-state index in [1.165, 1.54) is 11.0 Å². The van der Waals surface area contributed by atoms with Gasteiger partial charge >= 0.3 is 0 Å². The molecule has 0 saturated carbocycles. The molecule has 1 unspecified atom stereocenters. The number of rotatable bonds is 3. The summed E-state index contributed by atoms with van der Waals surface area (Å²) in [6.45, 7) is 0.674. The Morgan fingerprint density at radius 1 is 1.37 bits per heavy atom. The summed E-state index contributed by atoms with van der Waals surface area (Å²) >= 11 is 1.79. The van der Waals surface area contributed by atoms with Crippen molar-refractivity contribution in [2.45, 2.75) is 23.9 Å². The SMILES string of the molecule is Fc1ccc2c(c1)C(NCc1ccncn1)CCS2. The Bertz CT molecular complexity index is 562. The van der Waals surface area contributed by atoms with E-state index >= 15 is 0 Å². The number of hydrogen-bond acceptors (Lipinski definition) is 4. The Balaban J connectivity index is 1.75. The molecular weight excluding hydrogens is 261 g/mol. The zero-order valence-electron chi connectivity index (χ0n) is 10.3. The molecule has 0 spiro atoms. The Morgan fingerprint density at radius 2 is 2.32 bits per heavy atom. The molecule has 1 atom stereocenters. The van der Waals surface area contributed by atoms with Crippen LogP contribution in [0.25, 0.3) is 0 Å². The number of nitrogens with zero attached hydrogens (tertiary/aromatic N) is 2. The lowest BCUT2D eigenvalue weighted by Gasteiger charge is -2.26. The van der Waals surface area contributed by atoms with E-state index in [-0.39, 0.29) is 11.9 Å². The van der Waals surface area contributed by atoms with Gasteiger partial charge in [0.05, 0.1) is 5.69 Å². The second-order valence-electron chi connectivity index (χ2n) is 4.45. The summed E-state index contributed by atoms with van der Waals surface area (Å²) in [7, 11) is 0. The van der Waals surface area contributed by atoms with Crippen LogP contribution in [0, 0.1) is 5.82 Å². The van der Waals surface area contributed by atoms with Crippen molar-refractivity contribution in [2.75, 3.05) is 5.75 Å². The van der Waals surface area contributed by atoms with Gasteiger partial charge in [0.15, 0.2) is 0 Å². The molecule has 1 aliphatic heterocycles. The van der Waals surface area contributed by atoms with Gasteiger partial charge in [-0.15, -0.1) is 11.8 Å². The molecule has 1 N–H and O–H groups in total. The molecule has 3 nitrogen and oxygen atoms in total. The number of benzene rings is 1. The first-order valence-corrected chi connectivity index (χ1v) is 7.22. The van der Waals surface area contributed by atoms with E-state index in [2.05, 4.69) is 15.3 Å². The predicted octanol–water partition coefficient (Wildman–Crippen LogP) is 2.94. The van der Waals surface area contributed by atoms with Gasteiger partial charge in [0.25, 0.3) is 0 Å². The summed E-state index contributed by atoms with van der Waals surface area (Å²) in [5.74, 6) is 0.884. The lowest BCUT2D eigenvalue weighted by Crippen LogP contribution is -2.24. The molecule has 5 heteroatoms. The van der Waals surface area contributed by atoms with Gasteiger partial charge in [0, 0.05) is 23.7 Å². The largest absolute Gasteiger partial charge is 0.304 e. The highest BCUT2D eigenvalue weighted by molar-refractivity contribution is 7.99. The van der Waals surface area contributed by atoms with Crippen LogP contribution in [0.5, 0.6) is 0 Å². The monoisotopic (exact) mass is 275 g/mol. The minimum absolute atomic E-state index is 0.171. The molecule has 1 aliphatic rings. The van der Waals surface area contributed by atoms with E-state index in [1.54, 1.807) is 30.4 Å². The Morgan fingerprint density at radius 3 is 3.16 bits per heavy atom. The first kappa shape index (κ1) is 12.6. The number of halogens is 1. The quantitative estimate of drug-likeness (QED) is 0.934. The van der Waals surface area contributed by atoms with E-state index in [0.29, 0.717) is 6.54 Å². The summed E-state index contributed by atoms with van der Waals surface area (Å²) in [5.41, 5.74) is 2.01. The number of aromatic nitrogens is 2. The lowest BCUT2D eigenvalue weighted by molar-refractivity contribution is 0.500. The van der Waals surface area contributed by atoms with Gasteiger partial charge in [-0.25, -0.2) is 14.4 Å². The van der Waals surface area contributed by atoms with Gasteiger partial charge in [-0.05, 0) is 42.0 Å². The molecule has 98 valence electrons. The van der Waals surface area contributed by atoms with Crippen LogP contribution in [0.1, 0.15) is 23.7 Å². The summed E-state index contributed by atoms with van der Waals surface area (Å²) < 4.78 is 13.4. The van der Waals surface area contributed by atoms with Crippen molar-refractivity contribution in [3.8, 4) is 0 Å². The molecule has 2 heterocycles. The van der Waals surface area contributed by atoms with Crippen LogP contribution in [0.15, 0.2) is 41.7 Å². The third-order valence-corrected chi connectivity index (χ3v) is 4.31. The molecule has 1 aromatic carbocycles. The molecular formula is C14H14FN3S. The van der Waals surface area contributed by atoms with Crippen molar-refractivity contribution in [1.29, 1.82) is 0 Å². The molecule has 0 bridgehead atoms. The highest BCUT2D eigenvalue weighted by Gasteiger charge is 2.20. The molecule has 0 amide bonds. The predicted molar refractivity (Wildman–Crippen MR) is 73.4 cm³/mol. The van der Waals surface area contributed by atoms with Crippen molar-refractivity contribution in [1.82, 2.24) is 15.3 Å². The fourth-order valence-electron chi connectivity index (χ4n) is 2.23. The maximum Gasteiger partial charge on any atom is 0.123 e. The van der Waals surface area contributed by atoms with Gasteiger partial charge in [-0.3, -0.25) is 0 Å². The van der Waals surface area contributed by atoms with Crippen molar-refractivity contribution in [2.24, 2.45) is 0 Å². The van der Waals surface area contributed by atoms with Gasteiger partial charge < -0.3 is 5.32 Å². The third-order valence-electron chi connectivity index (χ3n) is 3.18. The van der Waals surface area contributed by atoms with Crippen LogP contribution in [0.4, 0.5) is 4.39 Å². The molecule has 19 heavy (non-hydrogen) atoms. The summed E-state index contributed by atoms with van der Waals surface area (Å²) in [6.07, 6.45) is 4.28. The Labute approximate surface area is 115 Å². The van der Waals surface area contributed by atoms with Gasteiger partial charge in [-0.1, -0.05) is 0 Å². The van der Waals surface area contributed by atoms with E-state index in [9.17, 15) is 4.39 Å². The number of fused-ring (bicyclic) bond motifs is 1. The number of thioether (sulfide) groups is 1. The lowest BCUT2D eigenvalue weighted by atomic mass is 10.0. The van der Waals surface area contributed by atoms with E-state index in [0.717, 1.165) is 23.4 Å². The zero-order valence-corrected chi connectivity index (χ0v) is 11.2. The van der Waals surface area contributed by atoms with E-state index in [4.69, 9.17) is 0 Å². The first-order valence-electron chi connectivity index (χ1n) is 6.23. The first-order chi connectivity index (χ1) is 9.33. The minimum Gasteiger partial charge on any atom is -0.304 e. The van der Waals surface area contributed by atoms with Crippen molar-refractivity contribution < 1.29 is 4.39 Å². The topological polar surface area (TPSA) is 37.8 Å². The fourth-order valence-corrected chi connectivity index (χ4v) is 3.33. The van der Waals surface area contributed by atoms with Gasteiger partial charge in [-0.2, -0.15) is 0 Å². The van der Waals surface area contributed by atoms with Crippen molar-refractivity contribution in [3.05, 3.63) is 53.9 Å². The molecule has 2 aromatic rings. The standard InChI is InChI=1S/C14H14FN3S/c15-10-1-2-14-12(7-10)13(4-6-19-14)17-8-11-3-5-16-9-18-11/h1-3,5,7,9,13,17H,4,6,8H2. The van der Waals surface area contributed by atoms with Crippen LogP contribution < -0.4 is 5.32 Å². The number of nitrogens with one attached hydrogen (secondary N) is 1. The summed E-state index contributed by atoms with van der Waals surface area (Å²) in [4.78, 5) is 9.25. The number of hydrogen-bond donors (Lipinski definition) is 1. The summed E-state index contributed by atoms with van der Waals surface area (Å²) in [6, 6.07) is 7.12. The zero-order chi connectivity index (χ0) is 13.1. The molecule has 0 saturated heterocycles. The molecule has 0 aliphatic carbocycles. The maximum absolute atomic E-state index is 13.4. The fraction of sp³-hybridized carbons (Fsp3) is 0.286. The van der Waals surface area contributed by atoms with Crippen LogP contribution in [0.3, 0.4) is 0 Å². The Hall–Kier alpha value is -1.46. The van der Waals surface area contributed by atoms with Gasteiger partial charge in [0.1, 0.15) is 12.1 Å².